The third-order valence-electron chi connectivity index (χ3n) is 1.62. The molecule has 0 aromatic heterocycles. The van der Waals surface area contributed by atoms with Crippen molar-refractivity contribution in [3.05, 3.63) is 33.8 Å². The molecule has 3 heteroatoms. The van der Waals surface area contributed by atoms with Gasteiger partial charge in [0.1, 0.15) is 0 Å². The fourth-order valence-electron chi connectivity index (χ4n) is 1.03. The Morgan fingerprint density at radius 3 is 2.92 bits per heavy atom. The monoisotopic (exact) mass is 241 g/mol. The standard InChI is InChI=1S/C10H10BrO2/c1-3-13-10(12)9-7(2)5-4-6-8(9)11/h4,6H,3H2,1-2H3. The molecule has 0 heterocycles. The van der Waals surface area contributed by atoms with Crippen LogP contribution in [-0.2, 0) is 4.74 Å². The first-order valence-corrected chi connectivity index (χ1v) is 4.80. The van der Waals surface area contributed by atoms with Gasteiger partial charge in [-0.2, -0.15) is 0 Å². The third-order valence-corrected chi connectivity index (χ3v) is 2.28. The summed E-state index contributed by atoms with van der Waals surface area (Å²) in [7, 11) is 0. The molecule has 0 N–H and O–H groups in total. The van der Waals surface area contributed by atoms with Crippen LogP contribution in [0.25, 0.3) is 0 Å². The van der Waals surface area contributed by atoms with Crippen LogP contribution < -0.4 is 0 Å². The number of rotatable bonds is 2. The zero-order chi connectivity index (χ0) is 9.84. The van der Waals surface area contributed by atoms with Crippen molar-refractivity contribution in [1.29, 1.82) is 0 Å². The highest BCUT2D eigenvalue weighted by molar-refractivity contribution is 9.10. The zero-order valence-electron chi connectivity index (χ0n) is 7.56. The van der Waals surface area contributed by atoms with Crippen LogP contribution in [-0.4, -0.2) is 12.6 Å². The van der Waals surface area contributed by atoms with E-state index in [1.54, 1.807) is 19.1 Å². The van der Waals surface area contributed by atoms with Crippen LogP contribution in [0.15, 0.2) is 16.6 Å². The summed E-state index contributed by atoms with van der Waals surface area (Å²) in [5.74, 6) is -0.302. The van der Waals surface area contributed by atoms with Gasteiger partial charge in [0.25, 0.3) is 0 Å². The van der Waals surface area contributed by atoms with Crippen LogP contribution in [0, 0.1) is 13.0 Å². The van der Waals surface area contributed by atoms with Gasteiger partial charge in [0.15, 0.2) is 0 Å². The Balaban J connectivity index is 3.05. The largest absolute Gasteiger partial charge is 0.462 e. The fourth-order valence-corrected chi connectivity index (χ4v) is 1.62. The topological polar surface area (TPSA) is 26.3 Å². The van der Waals surface area contributed by atoms with Crippen molar-refractivity contribution in [3.8, 4) is 0 Å². The van der Waals surface area contributed by atoms with E-state index in [9.17, 15) is 4.79 Å². The van der Waals surface area contributed by atoms with Gasteiger partial charge in [0.2, 0.25) is 0 Å². The number of hydrogen-bond acceptors (Lipinski definition) is 2. The fraction of sp³-hybridized carbons (Fsp3) is 0.300. The summed E-state index contributed by atoms with van der Waals surface area (Å²) in [5.41, 5.74) is 1.36. The van der Waals surface area contributed by atoms with Crippen LogP contribution in [0.3, 0.4) is 0 Å². The first kappa shape index (κ1) is 10.3. The summed E-state index contributed by atoms with van der Waals surface area (Å²) >= 11 is 3.30. The molecule has 1 radical (unpaired) electrons. The molecule has 0 saturated heterocycles. The average molecular weight is 242 g/mol. The Bertz CT molecular complexity index is 300. The van der Waals surface area contributed by atoms with E-state index < -0.39 is 0 Å². The van der Waals surface area contributed by atoms with Crippen molar-refractivity contribution in [2.75, 3.05) is 6.61 Å². The Morgan fingerprint density at radius 1 is 1.69 bits per heavy atom. The Kier molecular flexibility index (Phi) is 3.48. The second kappa shape index (κ2) is 4.42. The van der Waals surface area contributed by atoms with Gasteiger partial charge >= 0.3 is 5.97 Å². The molecule has 0 aliphatic heterocycles. The average Bonchev–Trinajstić information content (AvgIpc) is 2.04. The molecular formula is C10H10BrO2. The van der Waals surface area contributed by atoms with E-state index in [-0.39, 0.29) is 5.97 Å². The van der Waals surface area contributed by atoms with Crippen molar-refractivity contribution >= 4 is 21.9 Å². The summed E-state index contributed by atoms with van der Waals surface area (Å²) in [6.07, 6.45) is 0. The molecule has 0 spiro atoms. The highest BCUT2D eigenvalue weighted by Gasteiger charge is 2.13. The lowest BCUT2D eigenvalue weighted by atomic mass is 10.1. The molecule has 1 rings (SSSR count). The number of hydrogen-bond donors (Lipinski definition) is 0. The minimum Gasteiger partial charge on any atom is -0.462 e. The molecule has 0 fully saturated rings. The summed E-state index contributed by atoms with van der Waals surface area (Å²) in [6.45, 7) is 4.00. The summed E-state index contributed by atoms with van der Waals surface area (Å²) in [4.78, 5) is 11.4. The highest BCUT2D eigenvalue weighted by Crippen LogP contribution is 2.20. The van der Waals surface area contributed by atoms with Crippen LogP contribution in [0.4, 0.5) is 0 Å². The quantitative estimate of drug-likeness (QED) is 0.745. The zero-order valence-corrected chi connectivity index (χ0v) is 9.14. The van der Waals surface area contributed by atoms with Gasteiger partial charge in [-0.05, 0) is 47.5 Å². The second-order valence-electron chi connectivity index (χ2n) is 2.55. The van der Waals surface area contributed by atoms with Gasteiger partial charge in [-0.1, -0.05) is 6.07 Å². The van der Waals surface area contributed by atoms with Crippen LogP contribution >= 0.6 is 15.9 Å². The van der Waals surface area contributed by atoms with Gasteiger partial charge in [-0.15, -0.1) is 0 Å². The second-order valence-corrected chi connectivity index (χ2v) is 3.40. The number of halogens is 1. The predicted octanol–water partition coefficient (Wildman–Crippen LogP) is 2.73. The lowest BCUT2D eigenvalue weighted by Gasteiger charge is -2.06. The first-order valence-electron chi connectivity index (χ1n) is 4.00. The number of carbonyl (C=O) groups excluding carboxylic acids is 1. The molecule has 0 aliphatic carbocycles. The minimum absolute atomic E-state index is 0.302. The molecule has 0 atom stereocenters. The Hall–Kier alpha value is -0.830. The maximum absolute atomic E-state index is 11.4. The molecule has 1 aromatic carbocycles. The molecule has 69 valence electrons. The third kappa shape index (κ3) is 2.31. The van der Waals surface area contributed by atoms with Crippen molar-refractivity contribution in [3.63, 3.8) is 0 Å². The predicted molar refractivity (Wildman–Crippen MR) is 53.7 cm³/mol. The van der Waals surface area contributed by atoms with E-state index in [0.29, 0.717) is 12.2 Å². The molecule has 0 unspecified atom stereocenters. The minimum atomic E-state index is -0.302. The maximum atomic E-state index is 11.4. The molecule has 2 nitrogen and oxygen atoms in total. The van der Waals surface area contributed by atoms with Gasteiger partial charge in [-0.25, -0.2) is 4.79 Å². The van der Waals surface area contributed by atoms with E-state index in [1.807, 2.05) is 6.92 Å². The summed E-state index contributed by atoms with van der Waals surface area (Å²) in [5, 5.41) is 0. The van der Waals surface area contributed by atoms with E-state index in [4.69, 9.17) is 4.74 Å². The van der Waals surface area contributed by atoms with Crippen LogP contribution in [0.5, 0.6) is 0 Å². The van der Waals surface area contributed by atoms with Crippen molar-refractivity contribution in [2.45, 2.75) is 13.8 Å². The smallest absolute Gasteiger partial charge is 0.339 e. The molecule has 0 amide bonds. The van der Waals surface area contributed by atoms with Crippen molar-refractivity contribution in [1.82, 2.24) is 0 Å². The Labute approximate surface area is 86.0 Å². The van der Waals surface area contributed by atoms with E-state index in [1.165, 1.54) is 0 Å². The SMILES string of the molecule is CCOC(=O)c1c(C)[c]ccc1Br. The molecule has 0 bridgehead atoms. The van der Waals surface area contributed by atoms with Crippen molar-refractivity contribution in [2.24, 2.45) is 0 Å². The number of benzene rings is 1. The summed E-state index contributed by atoms with van der Waals surface area (Å²) < 4.78 is 5.65. The number of esters is 1. The maximum Gasteiger partial charge on any atom is 0.339 e. The molecule has 13 heavy (non-hydrogen) atoms. The van der Waals surface area contributed by atoms with Crippen LogP contribution in [0.2, 0.25) is 0 Å². The molecule has 0 saturated carbocycles. The molecule has 0 aliphatic rings. The number of ether oxygens (including phenoxy) is 1. The lowest BCUT2D eigenvalue weighted by Crippen LogP contribution is -2.07. The van der Waals surface area contributed by atoms with E-state index in [0.717, 1.165) is 10.0 Å². The highest BCUT2D eigenvalue weighted by atomic mass is 79.9. The van der Waals surface area contributed by atoms with Gasteiger partial charge in [0, 0.05) is 4.47 Å². The van der Waals surface area contributed by atoms with Gasteiger partial charge in [0.05, 0.1) is 12.2 Å². The Morgan fingerprint density at radius 2 is 2.38 bits per heavy atom. The normalized spacial score (nSPS) is 9.77. The number of carbonyl (C=O) groups is 1. The van der Waals surface area contributed by atoms with Crippen molar-refractivity contribution < 1.29 is 9.53 Å². The molecule has 1 aromatic rings. The first-order chi connectivity index (χ1) is 6.16. The van der Waals surface area contributed by atoms with E-state index in [2.05, 4.69) is 22.0 Å². The van der Waals surface area contributed by atoms with Gasteiger partial charge in [-0.3, -0.25) is 0 Å². The van der Waals surface area contributed by atoms with Gasteiger partial charge < -0.3 is 4.74 Å². The van der Waals surface area contributed by atoms with E-state index >= 15 is 0 Å². The van der Waals surface area contributed by atoms with Crippen LogP contribution in [0.1, 0.15) is 22.8 Å². The summed E-state index contributed by atoms with van der Waals surface area (Å²) in [6, 6.07) is 6.49. The number of aryl methyl sites for hydroxylation is 1. The lowest BCUT2D eigenvalue weighted by molar-refractivity contribution is 0.0524. The molecular weight excluding hydrogens is 232 g/mol.